The number of benzene rings is 1. The van der Waals surface area contributed by atoms with Gasteiger partial charge in [0.05, 0.1) is 11.8 Å². The van der Waals surface area contributed by atoms with Crippen LogP contribution in [0.25, 0.3) is 0 Å². The molecule has 3 amide bonds. The number of hydrogen-bond donors (Lipinski definition) is 1. The molecular weight excluding hydrogens is 360 g/mol. The molecule has 3 fully saturated rings. The maximum atomic E-state index is 12.5. The Bertz CT molecular complexity index is 821. The second kappa shape index (κ2) is 6.50. The summed E-state index contributed by atoms with van der Waals surface area (Å²) >= 11 is 0. The maximum absolute atomic E-state index is 12.5. The number of rotatable bonds is 3. The predicted octanol–water partition coefficient (Wildman–Crippen LogP) is 2.84. The summed E-state index contributed by atoms with van der Waals surface area (Å²) in [4.78, 5) is 38.7. The third-order valence-electron chi connectivity index (χ3n) is 6.42. The van der Waals surface area contributed by atoms with E-state index in [1.165, 1.54) is 0 Å². The van der Waals surface area contributed by atoms with Gasteiger partial charge in [0.25, 0.3) is 5.79 Å². The van der Waals surface area contributed by atoms with Gasteiger partial charge in [0.2, 0.25) is 17.7 Å². The Hall–Kier alpha value is -2.57. The van der Waals surface area contributed by atoms with E-state index in [4.69, 9.17) is 9.47 Å². The summed E-state index contributed by atoms with van der Waals surface area (Å²) in [7, 11) is 0. The van der Waals surface area contributed by atoms with Crippen LogP contribution in [-0.4, -0.2) is 35.0 Å². The Morgan fingerprint density at radius 1 is 1.00 bits per heavy atom. The number of imide groups is 1. The number of anilines is 1. The molecule has 2 saturated carbocycles. The number of likely N-dealkylation sites (tertiary alicyclic amines) is 1. The Balaban J connectivity index is 1.25. The molecule has 28 heavy (non-hydrogen) atoms. The van der Waals surface area contributed by atoms with E-state index in [2.05, 4.69) is 5.32 Å². The van der Waals surface area contributed by atoms with Crippen molar-refractivity contribution in [2.75, 3.05) is 11.9 Å². The van der Waals surface area contributed by atoms with Gasteiger partial charge in [0.15, 0.2) is 11.5 Å². The monoisotopic (exact) mass is 384 g/mol. The number of nitrogens with zero attached hydrogens (tertiary/aromatic N) is 1. The number of ether oxygens (including phenoxy) is 2. The van der Waals surface area contributed by atoms with Crippen LogP contribution in [0.5, 0.6) is 11.5 Å². The summed E-state index contributed by atoms with van der Waals surface area (Å²) in [5, 5.41) is 2.78. The highest BCUT2D eigenvalue weighted by Gasteiger charge is 2.48. The second-order valence-corrected chi connectivity index (χ2v) is 8.29. The van der Waals surface area contributed by atoms with E-state index >= 15 is 0 Å². The number of fused-ring (bicyclic) bond motifs is 2. The van der Waals surface area contributed by atoms with E-state index in [1.54, 1.807) is 18.2 Å². The fourth-order valence-electron chi connectivity index (χ4n) is 5.02. The van der Waals surface area contributed by atoms with Crippen LogP contribution in [0, 0.1) is 11.8 Å². The van der Waals surface area contributed by atoms with Gasteiger partial charge in [-0.25, -0.2) is 0 Å². The highest BCUT2D eigenvalue weighted by atomic mass is 16.7. The summed E-state index contributed by atoms with van der Waals surface area (Å²) in [5.41, 5.74) is 0.568. The van der Waals surface area contributed by atoms with Crippen LogP contribution in [0.3, 0.4) is 0 Å². The lowest BCUT2D eigenvalue weighted by Gasteiger charge is -2.21. The van der Waals surface area contributed by atoms with E-state index in [9.17, 15) is 14.4 Å². The Morgan fingerprint density at radius 3 is 2.32 bits per heavy atom. The lowest BCUT2D eigenvalue weighted by molar-refractivity contribution is -0.142. The van der Waals surface area contributed by atoms with E-state index in [0.717, 1.165) is 56.3 Å². The Labute approximate surface area is 163 Å². The van der Waals surface area contributed by atoms with Crippen LogP contribution < -0.4 is 14.8 Å². The quantitative estimate of drug-likeness (QED) is 0.810. The number of amides is 3. The average molecular weight is 384 g/mol. The molecule has 0 bridgehead atoms. The normalized spacial score (nSPS) is 27.4. The fourth-order valence-corrected chi connectivity index (χ4v) is 5.02. The molecule has 1 aromatic rings. The van der Waals surface area contributed by atoms with Gasteiger partial charge in [-0.2, -0.15) is 0 Å². The topological polar surface area (TPSA) is 84.9 Å². The number of carbonyl (C=O) groups is 3. The van der Waals surface area contributed by atoms with Crippen LogP contribution in [0.4, 0.5) is 5.69 Å². The number of hydrogen-bond acceptors (Lipinski definition) is 5. The summed E-state index contributed by atoms with van der Waals surface area (Å²) < 4.78 is 12.0. The van der Waals surface area contributed by atoms with Gasteiger partial charge in [0, 0.05) is 24.6 Å². The van der Waals surface area contributed by atoms with Gasteiger partial charge in [-0.05, 0) is 37.8 Å². The molecule has 1 aromatic carbocycles. The minimum absolute atomic E-state index is 0.196. The Kier molecular flexibility index (Phi) is 4.07. The van der Waals surface area contributed by atoms with Gasteiger partial charge in [-0.3, -0.25) is 19.3 Å². The van der Waals surface area contributed by atoms with Crippen LogP contribution in [0.1, 0.15) is 51.4 Å². The average Bonchev–Trinajstić information content (AvgIpc) is 3.35. The van der Waals surface area contributed by atoms with Gasteiger partial charge < -0.3 is 14.8 Å². The minimum atomic E-state index is -0.546. The highest BCUT2D eigenvalue weighted by Crippen LogP contribution is 2.47. The first-order valence-corrected chi connectivity index (χ1v) is 10.2. The first-order valence-electron chi connectivity index (χ1n) is 10.2. The third kappa shape index (κ3) is 2.84. The lowest BCUT2D eigenvalue weighted by Crippen LogP contribution is -2.38. The summed E-state index contributed by atoms with van der Waals surface area (Å²) in [6.45, 7) is -0.233. The summed E-state index contributed by atoms with van der Waals surface area (Å²) in [6, 6.07) is 5.29. The van der Waals surface area contributed by atoms with Crippen molar-refractivity contribution in [2.45, 2.75) is 57.2 Å². The predicted molar refractivity (Wildman–Crippen MR) is 99.7 cm³/mol. The van der Waals surface area contributed by atoms with Crippen molar-refractivity contribution < 1.29 is 23.9 Å². The molecule has 5 rings (SSSR count). The first-order chi connectivity index (χ1) is 13.5. The van der Waals surface area contributed by atoms with Crippen molar-refractivity contribution in [3.63, 3.8) is 0 Å². The summed E-state index contributed by atoms with van der Waals surface area (Å²) in [5.74, 6) is -0.472. The van der Waals surface area contributed by atoms with Gasteiger partial charge in [-0.15, -0.1) is 0 Å². The van der Waals surface area contributed by atoms with Crippen LogP contribution in [0.2, 0.25) is 0 Å². The lowest BCUT2D eigenvalue weighted by atomic mass is 9.81. The van der Waals surface area contributed by atoms with Crippen LogP contribution in [-0.2, 0) is 14.4 Å². The molecule has 2 atom stereocenters. The molecule has 0 radical (unpaired) electrons. The molecule has 2 heterocycles. The fraction of sp³-hybridized carbons (Fsp3) is 0.571. The van der Waals surface area contributed by atoms with Crippen LogP contribution in [0.15, 0.2) is 18.2 Å². The zero-order valence-corrected chi connectivity index (χ0v) is 15.7. The first kappa shape index (κ1) is 17.5. The van der Waals surface area contributed by atoms with Gasteiger partial charge >= 0.3 is 0 Å². The van der Waals surface area contributed by atoms with Crippen LogP contribution >= 0.6 is 0 Å². The van der Waals surface area contributed by atoms with Gasteiger partial charge in [0.1, 0.15) is 6.54 Å². The Morgan fingerprint density at radius 2 is 1.64 bits per heavy atom. The van der Waals surface area contributed by atoms with E-state index in [-0.39, 0.29) is 36.1 Å². The zero-order chi connectivity index (χ0) is 19.3. The van der Waals surface area contributed by atoms with E-state index in [1.807, 2.05) is 0 Å². The van der Waals surface area contributed by atoms with Crippen molar-refractivity contribution >= 4 is 23.4 Å². The summed E-state index contributed by atoms with van der Waals surface area (Å²) in [6.07, 6.45) is 7.33. The molecule has 2 aliphatic carbocycles. The molecular formula is C21H24N2O5. The largest absolute Gasteiger partial charge is 0.448 e. The smallest absolute Gasteiger partial charge is 0.251 e. The van der Waals surface area contributed by atoms with E-state index < -0.39 is 5.79 Å². The second-order valence-electron chi connectivity index (χ2n) is 8.29. The molecule has 2 aliphatic heterocycles. The molecule has 1 N–H and O–H groups in total. The van der Waals surface area contributed by atoms with Crippen molar-refractivity contribution in [1.29, 1.82) is 0 Å². The van der Waals surface area contributed by atoms with Crippen molar-refractivity contribution in [3.8, 4) is 11.5 Å². The molecule has 7 heteroatoms. The molecule has 1 saturated heterocycles. The molecule has 0 unspecified atom stereocenters. The number of nitrogens with one attached hydrogen (secondary N) is 1. The van der Waals surface area contributed by atoms with Crippen molar-refractivity contribution in [1.82, 2.24) is 4.90 Å². The minimum Gasteiger partial charge on any atom is -0.448 e. The molecule has 7 nitrogen and oxygen atoms in total. The number of carbonyl (C=O) groups excluding carboxylic acids is 3. The molecule has 1 spiro atoms. The molecule has 148 valence electrons. The molecule has 4 aliphatic rings. The SMILES string of the molecule is O=C(CN1C(=O)[C@H]2CCCC[C@@H]2C1=O)Nc1ccc2c(c1)OC1(CCCC1)O2. The maximum Gasteiger partial charge on any atom is 0.251 e. The molecule has 0 aromatic heterocycles. The van der Waals surface area contributed by atoms with E-state index in [0.29, 0.717) is 17.2 Å². The van der Waals surface area contributed by atoms with Crippen molar-refractivity contribution in [3.05, 3.63) is 18.2 Å². The van der Waals surface area contributed by atoms with Gasteiger partial charge in [-0.1, -0.05) is 12.8 Å². The third-order valence-corrected chi connectivity index (χ3v) is 6.42. The van der Waals surface area contributed by atoms with Crippen molar-refractivity contribution in [2.24, 2.45) is 11.8 Å². The standard InChI is InChI=1S/C21H24N2O5/c24-18(12-23-19(25)14-5-1-2-6-15(14)20(23)26)22-13-7-8-16-17(11-13)28-21(27-16)9-3-4-10-21/h7-8,11,14-15H,1-6,9-10,12H2,(H,22,24)/t14-,15-/m0/s1. The zero-order valence-electron chi connectivity index (χ0n) is 15.7. The highest BCUT2D eigenvalue weighted by molar-refractivity contribution is 6.08.